The summed E-state index contributed by atoms with van der Waals surface area (Å²) in [6.45, 7) is 7.75. The molecule has 0 fully saturated rings. The van der Waals surface area contributed by atoms with Crippen LogP contribution >= 0.6 is 0 Å². The Balaban J connectivity index is 0.00000256. The van der Waals surface area contributed by atoms with E-state index >= 15 is 0 Å². The molecule has 0 unspecified atom stereocenters. The monoisotopic (exact) mass is 284 g/mol. The fourth-order valence-corrected chi connectivity index (χ4v) is 1.60. The van der Waals surface area contributed by atoms with Crippen molar-refractivity contribution in [3.8, 4) is 5.75 Å². The summed E-state index contributed by atoms with van der Waals surface area (Å²) < 4.78 is 0. The van der Waals surface area contributed by atoms with Crippen LogP contribution < -0.4 is 5.11 Å². The molecule has 0 amide bonds. The normalized spacial score (nSPS) is 10.5. The van der Waals surface area contributed by atoms with Gasteiger partial charge in [0.1, 0.15) is 0 Å². The topological polar surface area (TPSA) is 60.4 Å². The van der Waals surface area contributed by atoms with Gasteiger partial charge in [0.15, 0.2) is 0 Å². The van der Waals surface area contributed by atoms with Gasteiger partial charge in [0.05, 0.1) is 5.56 Å². The van der Waals surface area contributed by atoms with Crippen molar-refractivity contribution in [2.24, 2.45) is 0 Å². The van der Waals surface area contributed by atoms with E-state index in [1.807, 2.05) is 33.8 Å². The molecule has 0 aliphatic heterocycles. The van der Waals surface area contributed by atoms with E-state index in [1.165, 1.54) is 6.07 Å². The van der Waals surface area contributed by atoms with Crippen LogP contribution in [-0.2, 0) is 17.1 Å². The molecule has 1 aromatic rings. The maximum Gasteiger partial charge on any atom is 1.00 e. The Kier molecular flexibility index (Phi) is 5.73. The zero-order valence-electron chi connectivity index (χ0n) is 10.4. The molecule has 17 heavy (non-hydrogen) atoms. The second-order valence-corrected chi connectivity index (χ2v) is 4.60. The van der Waals surface area contributed by atoms with Gasteiger partial charge in [-0.2, -0.15) is 0 Å². The average molecular weight is 285 g/mol. The molecule has 0 heterocycles. The van der Waals surface area contributed by atoms with Crippen LogP contribution in [0.5, 0.6) is 5.75 Å². The van der Waals surface area contributed by atoms with Crippen molar-refractivity contribution >= 4 is 5.97 Å². The third kappa shape index (κ3) is 3.48. The van der Waals surface area contributed by atoms with Gasteiger partial charge in [-0.1, -0.05) is 45.1 Å². The molecule has 0 aliphatic carbocycles. The maximum atomic E-state index is 11.8. The minimum Gasteiger partial charge on any atom is -0.872 e. The fourth-order valence-electron chi connectivity index (χ4n) is 1.60. The summed E-state index contributed by atoms with van der Waals surface area (Å²) in [6.07, 6.45) is 0. The molecule has 98 valence electrons. The first-order valence-electron chi connectivity index (χ1n) is 5.42. The Labute approximate surface area is 112 Å². The number of hydrogen-bond donors (Lipinski definition) is 1. The summed E-state index contributed by atoms with van der Waals surface area (Å²) in [7, 11) is 0. The molecule has 0 spiro atoms. The molecular formula is C13H17CuO3. The molecule has 3 nitrogen and oxygen atoms in total. The van der Waals surface area contributed by atoms with Crippen molar-refractivity contribution in [2.75, 3.05) is 0 Å². The Morgan fingerprint density at radius 2 is 1.71 bits per heavy atom. The summed E-state index contributed by atoms with van der Waals surface area (Å²) in [6, 6.07) is 3.31. The Bertz CT molecular complexity index is 411. The first kappa shape index (κ1) is 16.0. The number of hydrogen-bond acceptors (Lipinski definition) is 2. The molecule has 0 saturated carbocycles. The van der Waals surface area contributed by atoms with E-state index in [4.69, 9.17) is 5.11 Å². The SMILES string of the molecule is CC(C)c1cc(C(=O)O)c([O-])c(C(C)C)c1.[Cu+]. The molecule has 1 rings (SSSR count). The van der Waals surface area contributed by atoms with Crippen molar-refractivity contribution in [3.63, 3.8) is 0 Å². The molecule has 4 heteroatoms. The van der Waals surface area contributed by atoms with Crippen LogP contribution in [0.2, 0.25) is 0 Å². The third-order valence-electron chi connectivity index (χ3n) is 2.66. The summed E-state index contributed by atoms with van der Waals surface area (Å²) >= 11 is 0. The van der Waals surface area contributed by atoms with Crippen molar-refractivity contribution in [2.45, 2.75) is 39.5 Å². The minimum absolute atomic E-state index is 0. The largest absolute Gasteiger partial charge is 1.00 e. The van der Waals surface area contributed by atoms with Crippen LogP contribution in [0.4, 0.5) is 0 Å². The number of rotatable bonds is 3. The molecule has 0 atom stereocenters. The van der Waals surface area contributed by atoms with E-state index in [1.54, 1.807) is 0 Å². The summed E-state index contributed by atoms with van der Waals surface area (Å²) in [5, 5.41) is 20.8. The zero-order valence-corrected chi connectivity index (χ0v) is 11.3. The van der Waals surface area contributed by atoms with E-state index in [2.05, 4.69) is 0 Å². The molecule has 0 aromatic heterocycles. The van der Waals surface area contributed by atoms with Gasteiger partial charge in [-0.25, -0.2) is 4.79 Å². The summed E-state index contributed by atoms with van der Waals surface area (Å²) in [4.78, 5) is 11.0. The van der Waals surface area contributed by atoms with Crippen molar-refractivity contribution in [3.05, 3.63) is 28.8 Å². The summed E-state index contributed by atoms with van der Waals surface area (Å²) in [5.74, 6) is -1.23. The Morgan fingerprint density at radius 3 is 2.06 bits per heavy atom. The molecular weight excluding hydrogens is 268 g/mol. The van der Waals surface area contributed by atoms with Gasteiger partial charge in [-0.15, -0.1) is 0 Å². The second-order valence-electron chi connectivity index (χ2n) is 4.60. The Hall–Kier alpha value is -0.991. The van der Waals surface area contributed by atoms with Crippen LogP contribution in [0.3, 0.4) is 0 Å². The van der Waals surface area contributed by atoms with E-state index in [0.717, 1.165) is 5.56 Å². The molecule has 1 aromatic carbocycles. The zero-order chi connectivity index (χ0) is 12.5. The average Bonchev–Trinajstić information content (AvgIpc) is 2.16. The number of carbonyl (C=O) groups is 1. The second kappa shape index (κ2) is 6.08. The van der Waals surface area contributed by atoms with Crippen LogP contribution in [0.25, 0.3) is 0 Å². The number of carboxylic acids is 1. The molecule has 0 radical (unpaired) electrons. The van der Waals surface area contributed by atoms with Crippen molar-refractivity contribution in [1.82, 2.24) is 0 Å². The van der Waals surface area contributed by atoms with E-state index in [9.17, 15) is 9.90 Å². The van der Waals surface area contributed by atoms with Gasteiger partial charge < -0.3 is 10.2 Å². The van der Waals surface area contributed by atoms with Gasteiger partial charge in [-0.3, -0.25) is 0 Å². The predicted molar refractivity (Wildman–Crippen MR) is 61.0 cm³/mol. The van der Waals surface area contributed by atoms with Gasteiger partial charge in [0.2, 0.25) is 0 Å². The molecule has 0 aliphatic rings. The van der Waals surface area contributed by atoms with Gasteiger partial charge >= 0.3 is 23.0 Å². The predicted octanol–water partition coefficient (Wildman–Crippen LogP) is 2.70. The van der Waals surface area contributed by atoms with Crippen molar-refractivity contribution in [1.29, 1.82) is 0 Å². The maximum absolute atomic E-state index is 11.8. The summed E-state index contributed by atoms with van der Waals surface area (Å²) in [5.41, 5.74) is 1.37. The van der Waals surface area contributed by atoms with E-state index < -0.39 is 5.97 Å². The standard InChI is InChI=1S/C13H18O3.Cu/c1-7(2)9-5-10(8(3)4)12(14)11(6-9)13(15)16;/h5-8,14H,1-4H3,(H,15,16);/q;+1/p-1. The Morgan fingerprint density at radius 1 is 1.18 bits per heavy atom. The first-order valence-corrected chi connectivity index (χ1v) is 5.42. The smallest absolute Gasteiger partial charge is 0.872 e. The quantitative estimate of drug-likeness (QED) is 0.868. The van der Waals surface area contributed by atoms with Gasteiger partial charge in [0.25, 0.3) is 0 Å². The van der Waals surface area contributed by atoms with Crippen molar-refractivity contribution < 1.29 is 32.1 Å². The molecule has 0 bridgehead atoms. The van der Waals surface area contributed by atoms with Crippen LogP contribution in [0.1, 0.15) is 61.0 Å². The van der Waals surface area contributed by atoms with E-state index in [-0.39, 0.29) is 40.2 Å². The third-order valence-corrected chi connectivity index (χ3v) is 2.66. The fraction of sp³-hybridized carbons (Fsp3) is 0.462. The van der Waals surface area contributed by atoms with Gasteiger partial charge in [0, 0.05) is 0 Å². The van der Waals surface area contributed by atoms with Gasteiger partial charge in [-0.05, 0) is 23.5 Å². The van der Waals surface area contributed by atoms with Crippen LogP contribution in [-0.4, -0.2) is 11.1 Å². The number of benzene rings is 1. The number of carboxylic acid groups (broad SMARTS) is 1. The molecule has 0 saturated heterocycles. The molecule has 1 N–H and O–H groups in total. The first-order chi connectivity index (χ1) is 7.34. The van der Waals surface area contributed by atoms with Crippen LogP contribution in [0.15, 0.2) is 12.1 Å². The minimum atomic E-state index is -1.14. The number of aromatic carboxylic acids is 1. The van der Waals surface area contributed by atoms with Crippen LogP contribution in [0, 0.1) is 0 Å². The van der Waals surface area contributed by atoms with E-state index in [0.29, 0.717) is 5.56 Å².